The second-order valence-corrected chi connectivity index (χ2v) is 6.51. The van der Waals surface area contributed by atoms with Crippen molar-refractivity contribution in [3.63, 3.8) is 0 Å². The van der Waals surface area contributed by atoms with Crippen molar-refractivity contribution in [3.8, 4) is 10.6 Å². The largest absolute Gasteiger partial charge is 0.344 e. The van der Waals surface area contributed by atoms with Gasteiger partial charge < -0.3 is 10.6 Å². The third-order valence-electron chi connectivity index (χ3n) is 3.76. The number of amides is 1. The zero-order valence-corrected chi connectivity index (χ0v) is 14.8. The van der Waals surface area contributed by atoms with Crippen LogP contribution < -0.4 is 10.6 Å². The van der Waals surface area contributed by atoms with Crippen LogP contribution in [0.2, 0.25) is 0 Å². The van der Waals surface area contributed by atoms with Gasteiger partial charge >= 0.3 is 0 Å². The number of benzene rings is 1. The number of hydrogen-bond donors (Lipinski definition) is 2. The quantitative estimate of drug-likeness (QED) is 0.695. The lowest BCUT2D eigenvalue weighted by Gasteiger charge is -2.26. The van der Waals surface area contributed by atoms with E-state index in [9.17, 15) is 4.79 Å². The number of aromatic nitrogens is 5. The van der Waals surface area contributed by atoms with Gasteiger partial charge in [0.25, 0.3) is 5.91 Å². The number of halogens is 1. The summed E-state index contributed by atoms with van der Waals surface area (Å²) < 4.78 is 1.73. The fourth-order valence-electron chi connectivity index (χ4n) is 2.29. The minimum absolute atomic E-state index is 0. The van der Waals surface area contributed by atoms with E-state index in [0.717, 1.165) is 28.7 Å². The minimum atomic E-state index is -0.259. The smallest absolute Gasteiger partial charge is 0.273 e. The van der Waals surface area contributed by atoms with Crippen LogP contribution in [0.4, 0.5) is 0 Å². The van der Waals surface area contributed by atoms with E-state index >= 15 is 0 Å². The van der Waals surface area contributed by atoms with Gasteiger partial charge in [0, 0.05) is 18.7 Å². The van der Waals surface area contributed by atoms with Crippen LogP contribution in [0.1, 0.15) is 21.5 Å². The standard InChI is InChI=1S/C15H15N7OS.ClH/c23-14(12-9-22(21-18-12)11-6-16-7-11)17-8-13-19-20-15(24-13)10-4-2-1-3-5-10;/h1-5,9,11,16H,6-8H2,(H,17,23);1H. The summed E-state index contributed by atoms with van der Waals surface area (Å²) in [4.78, 5) is 12.2. The molecule has 10 heteroatoms. The molecule has 0 bridgehead atoms. The molecule has 8 nitrogen and oxygen atoms in total. The van der Waals surface area contributed by atoms with Crippen molar-refractivity contribution < 1.29 is 4.79 Å². The van der Waals surface area contributed by atoms with Crippen LogP contribution in [0.3, 0.4) is 0 Å². The predicted molar refractivity (Wildman–Crippen MR) is 95.7 cm³/mol. The first kappa shape index (κ1) is 17.5. The van der Waals surface area contributed by atoms with Crippen LogP contribution in [0.5, 0.6) is 0 Å². The third-order valence-corrected chi connectivity index (χ3v) is 4.74. The monoisotopic (exact) mass is 377 g/mol. The average Bonchev–Trinajstić information content (AvgIpc) is 3.21. The van der Waals surface area contributed by atoms with Gasteiger partial charge in [-0.1, -0.05) is 46.9 Å². The zero-order chi connectivity index (χ0) is 16.4. The molecule has 2 N–H and O–H groups in total. The van der Waals surface area contributed by atoms with E-state index in [0.29, 0.717) is 12.2 Å². The Labute approximate surface area is 154 Å². The first-order valence-electron chi connectivity index (χ1n) is 7.58. The Hall–Kier alpha value is -2.36. The molecule has 0 spiro atoms. The number of nitrogens with zero attached hydrogens (tertiary/aromatic N) is 5. The fourth-order valence-corrected chi connectivity index (χ4v) is 3.07. The first-order valence-corrected chi connectivity index (χ1v) is 8.40. The summed E-state index contributed by atoms with van der Waals surface area (Å²) >= 11 is 1.46. The van der Waals surface area contributed by atoms with Gasteiger partial charge in [-0.25, -0.2) is 4.68 Å². The summed E-state index contributed by atoms with van der Waals surface area (Å²) in [5.74, 6) is -0.259. The van der Waals surface area contributed by atoms with Crippen molar-refractivity contribution in [2.24, 2.45) is 0 Å². The zero-order valence-electron chi connectivity index (χ0n) is 13.1. The fraction of sp³-hybridized carbons (Fsp3) is 0.267. The van der Waals surface area contributed by atoms with Crippen molar-refractivity contribution in [1.82, 2.24) is 35.8 Å². The second-order valence-electron chi connectivity index (χ2n) is 5.45. The van der Waals surface area contributed by atoms with Gasteiger partial charge in [0.05, 0.1) is 18.8 Å². The Kier molecular flexibility index (Phi) is 5.37. The maximum Gasteiger partial charge on any atom is 0.273 e. The molecule has 0 aliphatic carbocycles. The highest BCUT2D eigenvalue weighted by atomic mass is 35.5. The minimum Gasteiger partial charge on any atom is -0.344 e. The Morgan fingerprint density at radius 3 is 2.76 bits per heavy atom. The molecule has 2 aromatic heterocycles. The third kappa shape index (κ3) is 3.84. The summed E-state index contributed by atoms with van der Waals surface area (Å²) in [7, 11) is 0. The topological polar surface area (TPSA) is 97.6 Å². The van der Waals surface area contributed by atoms with E-state index in [4.69, 9.17) is 0 Å². The molecule has 1 aliphatic heterocycles. The van der Waals surface area contributed by atoms with Crippen molar-refractivity contribution in [1.29, 1.82) is 0 Å². The molecule has 1 saturated heterocycles. The van der Waals surface area contributed by atoms with E-state index in [-0.39, 0.29) is 24.4 Å². The molecule has 0 atom stereocenters. The summed E-state index contributed by atoms with van der Waals surface area (Å²) in [5.41, 5.74) is 1.33. The molecule has 0 saturated carbocycles. The van der Waals surface area contributed by atoms with Crippen LogP contribution in [0.25, 0.3) is 10.6 Å². The number of carbonyl (C=O) groups is 1. The van der Waals surface area contributed by atoms with Gasteiger partial charge in [-0.15, -0.1) is 27.7 Å². The molecule has 3 aromatic rings. The molecule has 0 unspecified atom stereocenters. The summed E-state index contributed by atoms with van der Waals surface area (Å²) in [5, 5.41) is 23.8. The molecule has 3 heterocycles. The lowest BCUT2D eigenvalue weighted by atomic mass is 10.2. The van der Waals surface area contributed by atoms with Gasteiger partial charge in [0.2, 0.25) is 0 Å². The van der Waals surface area contributed by atoms with Gasteiger partial charge in [0.15, 0.2) is 5.69 Å². The molecule has 130 valence electrons. The predicted octanol–water partition coefficient (Wildman–Crippen LogP) is 1.29. The van der Waals surface area contributed by atoms with Crippen LogP contribution in [0, 0.1) is 0 Å². The van der Waals surface area contributed by atoms with E-state index in [2.05, 4.69) is 31.1 Å². The van der Waals surface area contributed by atoms with Crippen LogP contribution >= 0.6 is 23.7 Å². The number of carbonyl (C=O) groups excluding carboxylic acids is 1. The van der Waals surface area contributed by atoms with Crippen molar-refractivity contribution in [2.45, 2.75) is 12.6 Å². The van der Waals surface area contributed by atoms with Gasteiger partial charge in [-0.2, -0.15) is 0 Å². The van der Waals surface area contributed by atoms with Gasteiger partial charge in [-0.3, -0.25) is 4.79 Å². The molecular weight excluding hydrogens is 362 g/mol. The molecule has 0 radical (unpaired) electrons. The van der Waals surface area contributed by atoms with Crippen molar-refractivity contribution >= 4 is 29.7 Å². The highest BCUT2D eigenvalue weighted by Crippen LogP contribution is 2.22. The maximum atomic E-state index is 12.2. The second kappa shape index (κ2) is 7.68. The average molecular weight is 378 g/mol. The Morgan fingerprint density at radius 1 is 1.24 bits per heavy atom. The van der Waals surface area contributed by atoms with Crippen LogP contribution in [-0.2, 0) is 6.54 Å². The van der Waals surface area contributed by atoms with Crippen LogP contribution in [-0.4, -0.2) is 44.2 Å². The van der Waals surface area contributed by atoms with Crippen molar-refractivity contribution in [2.75, 3.05) is 13.1 Å². The Morgan fingerprint density at radius 2 is 2.04 bits per heavy atom. The van der Waals surface area contributed by atoms with Gasteiger partial charge in [-0.05, 0) is 0 Å². The Balaban J connectivity index is 0.00000182. The lowest BCUT2D eigenvalue weighted by molar-refractivity contribution is 0.0945. The number of hydrogen-bond acceptors (Lipinski definition) is 7. The normalized spacial score (nSPS) is 13.8. The van der Waals surface area contributed by atoms with E-state index in [1.165, 1.54) is 11.3 Å². The molecule has 1 amide bonds. The molecule has 25 heavy (non-hydrogen) atoms. The summed E-state index contributed by atoms with van der Waals surface area (Å²) in [6.07, 6.45) is 1.68. The number of nitrogens with one attached hydrogen (secondary N) is 2. The Bertz CT molecular complexity index is 846. The van der Waals surface area contributed by atoms with Crippen molar-refractivity contribution in [3.05, 3.63) is 47.2 Å². The van der Waals surface area contributed by atoms with E-state index in [1.54, 1.807) is 10.9 Å². The summed E-state index contributed by atoms with van der Waals surface area (Å²) in [6.45, 7) is 2.04. The first-order chi connectivity index (χ1) is 11.8. The summed E-state index contributed by atoms with van der Waals surface area (Å²) in [6, 6.07) is 10.1. The van der Waals surface area contributed by atoms with Gasteiger partial charge in [0.1, 0.15) is 10.0 Å². The highest BCUT2D eigenvalue weighted by molar-refractivity contribution is 7.14. The molecule has 4 rings (SSSR count). The molecule has 1 aliphatic rings. The molecular formula is C15H16ClN7OS. The lowest BCUT2D eigenvalue weighted by Crippen LogP contribution is -2.43. The number of rotatable bonds is 5. The van der Waals surface area contributed by atoms with Crippen LogP contribution in [0.15, 0.2) is 36.5 Å². The highest BCUT2D eigenvalue weighted by Gasteiger charge is 2.21. The molecule has 1 fully saturated rings. The van der Waals surface area contributed by atoms with E-state index < -0.39 is 0 Å². The SMILES string of the molecule is Cl.O=C(NCc1nnc(-c2ccccc2)s1)c1cn(C2CNC2)nn1. The maximum absolute atomic E-state index is 12.2. The molecule has 1 aromatic carbocycles. The van der Waals surface area contributed by atoms with E-state index in [1.807, 2.05) is 30.3 Å².